The number of amides is 1. The van der Waals surface area contributed by atoms with Gasteiger partial charge < -0.3 is 5.11 Å². The highest BCUT2D eigenvalue weighted by Gasteiger charge is 2.27. The Balaban J connectivity index is 1.78. The van der Waals surface area contributed by atoms with Crippen LogP contribution in [0.2, 0.25) is 0 Å². The fourth-order valence-corrected chi connectivity index (χ4v) is 4.79. The molecule has 0 fully saturated rings. The number of nitrogens with zero attached hydrogens (tertiary/aromatic N) is 2. The summed E-state index contributed by atoms with van der Waals surface area (Å²) in [5.41, 5.74) is 3.45. The molecule has 0 aliphatic rings. The van der Waals surface area contributed by atoms with Crippen molar-refractivity contribution in [3.05, 3.63) is 92.9 Å². The van der Waals surface area contributed by atoms with Crippen LogP contribution in [0.15, 0.2) is 91.7 Å². The number of hydrazone groups is 1. The standard InChI is InChI=1S/C22H19Br2N3O4S/c23-18-6-9-20(10-7-18)32(30,31)27(14-16-4-2-1-3-5-16)15-22(29)26-25-13-17-12-19(24)8-11-21(17)28/h1-13,28H,14-15H2,(H,26,29)/b25-13-. The maximum absolute atomic E-state index is 13.2. The Labute approximate surface area is 203 Å². The Morgan fingerprint density at radius 3 is 2.34 bits per heavy atom. The third-order valence-corrected chi connectivity index (χ3v) is 7.18. The van der Waals surface area contributed by atoms with Gasteiger partial charge in [-0.15, -0.1) is 0 Å². The maximum Gasteiger partial charge on any atom is 0.255 e. The van der Waals surface area contributed by atoms with E-state index in [0.29, 0.717) is 5.56 Å². The van der Waals surface area contributed by atoms with Crippen molar-refractivity contribution in [1.29, 1.82) is 0 Å². The van der Waals surface area contributed by atoms with Crippen molar-refractivity contribution < 1.29 is 18.3 Å². The maximum atomic E-state index is 13.2. The van der Waals surface area contributed by atoms with Gasteiger partial charge in [0.05, 0.1) is 17.7 Å². The number of sulfonamides is 1. The quantitative estimate of drug-likeness (QED) is 0.307. The smallest absolute Gasteiger partial charge is 0.255 e. The van der Waals surface area contributed by atoms with Gasteiger partial charge >= 0.3 is 0 Å². The van der Waals surface area contributed by atoms with Crippen LogP contribution in [0.1, 0.15) is 11.1 Å². The molecule has 0 aliphatic heterocycles. The molecule has 1 amide bonds. The van der Waals surface area contributed by atoms with E-state index < -0.39 is 22.5 Å². The lowest BCUT2D eigenvalue weighted by Gasteiger charge is -2.21. The zero-order chi connectivity index (χ0) is 23.1. The van der Waals surface area contributed by atoms with Crippen LogP contribution in [0, 0.1) is 0 Å². The summed E-state index contributed by atoms with van der Waals surface area (Å²) < 4.78 is 29.0. The van der Waals surface area contributed by atoms with E-state index in [0.717, 1.165) is 18.8 Å². The normalized spacial score (nSPS) is 11.7. The van der Waals surface area contributed by atoms with Gasteiger partial charge in [-0.2, -0.15) is 9.41 Å². The molecule has 7 nitrogen and oxygen atoms in total. The van der Waals surface area contributed by atoms with Crippen LogP contribution >= 0.6 is 31.9 Å². The second-order valence-corrected chi connectivity index (χ2v) is 10.5. The highest BCUT2D eigenvalue weighted by molar-refractivity contribution is 9.10. The van der Waals surface area contributed by atoms with Crippen molar-refractivity contribution in [2.24, 2.45) is 5.10 Å². The van der Waals surface area contributed by atoms with Crippen LogP contribution in [0.25, 0.3) is 0 Å². The van der Waals surface area contributed by atoms with E-state index in [1.807, 2.05) is 6.07 Å². The highest BCUT2D eigenvalue weighted by Crippen LogP contribution is 2.21. The number of aromatic hydroxyl groups is 1. The molecule has 0 aromatic heterocycles. The molecule has 0 unspecified atom stereocenters. The van der Waals surface area contributed by atoms with E-state index in [1.54, 1.807) is 48.5 Å². The minimum Gasteiger partial charge on any atom is -0.507 e. The summed E-state index contributed by atoms with van der Waals surface area (Å²) in [6.45, 7) is -0.419. The predicted octanol–water partition coefficient (Wildman–Crippen LogP) is 4.26. The topological polar surface area (TPSA) is 99.1 Å². The first-order valence-corrected chi connectivity index (χ1v) is 12.4. The molecule has 0 heterocycles. The molecule has 0 spiro atoms. The van der Waals surface area contributed by atoms with Gasteiger partial charge in [0, 0.05) is 21.1 Å². The van der Waals surface area contributed by atoms with Crippen molar-refractivity contribution in [2.75, 3.05) is 6.54 Å². The zero-order valence-electron chi connectivity index (χ0n) is 16.7. The van der Waals surface area contributed by atoms with Gasteiger partial charge in [0.25, 0.3) is 5.91 Å². The van der Waals surface area contributed by atoms with E-state index in [2.05, 4.69) is 42.4 Å². The molecule has 166 valence electrons. The van der Waals surface area contributed by atoms with Gasteiger partial charge in [-0.1, -0.05) is 62.2 Å². The van der Waals surface area contributed by atoms with Crippen molar-refractivity contribution >= 4 is 54.0 Å². The monoisotopic (exact) mass is 579 g/mol. The Bertz CT molecular complexity index is 1220. The lowest BCUT2D eigenvalue weighted by Crippen LogP contribution is -2.39. The van der Waals surface area contributed by atoms with Crippen LogP contribution in [0.5, 0.6) is 5.75 Å². The Morgan fingerprint density at radius 2 is 1.66 bits per heavy atom. The second-order valence-electron chi connectivity index (χ2n) is 6.71. The number of hydrogen-bond donors (Lipinski definition) is 2. The van der Waals surface area contributed by atoms with Crippen molar-refractivity contribution in [3.63, 3.8) is 0 Å². The summed E-state index contributed by atoms with van der Waals surface area (Å²) in [7, 11) is -3.95. The van der Waals surface area contributed by atoms with Crippen molar-refractivity contribution in [1.82, 2.24) is 9.73 Å². The van der Waals surface area contributed by atoms with E-state index in [9.17, 15) is 18.3 Å². The third kappa shape index (κ3) is 6.49. The summed E-state index contributed by atoms with van der Waals surface area (Å²) in [4.78, 5) is 12.6. The molecular weight excluding hydrogens is 562 g/mol. The second kappa shape index (κ2) is 10.9. The third-order valence-electron chi connectivity index (χ3n) is 4.36. The number of hydrogen-bond acceptors (Lipinski definition) is 5. The molecule has 0 atom stereocenters. The lowest BCUT2D eigenvalue weighted by molar-refractivity contribution is -0.121. The van der Waals surface area contributed by atoms with Crippen LogP contribution in [0.4, 0.5) is 0 Å². The fraction of sp³-hybridized carbons (Fsp3) is 0.0909. The van der Waals surface area contributed by atoms with E-state index in [1.165, 1.54) is 24.4 Å². The lowest BCUT2D eigenvalue weighted by atomic mass is 10.2. The van der Waals surface area contributed by atoms with E-state index in [4.69, 9.17) is 0 Å². The average molecular weight is 581 g/mol. The molecule has 2 N–H and O–H groups in total. The first kappa shape index (κ1) is 24.1. The number of nitrogens with one attached hydrogen (secondary N) is 1. The predicted molar refractivity (Wildman–Crippen MR) is 130 cm³/mol. The molecule has 0 bridgehead atoms. The molecule has 0 radical (unpaired) electrons. The van der Waals surface area contributed by atoms with Gasteiger partial charge in [0.15, 0.2) is 0 Å². The summed E-state index contributed by atoms with van der Waals surface area (Å²) in [5, 5.41) is 13.7. The van der Waals surface area contributed by atoms with Crippen molar-refractivity contribution in [3.8, 4) is 5.75 Å². The first-order chi connectivity index (χ1) is 15.3. The molecule has 3 aromatic carbocycles. The Hall–Kier alpha value is -2.53. The molecule has 0 saturated heterocycles. The van der Waals surface area contributed by atoms with Crippen LogP contribution in [-0.2, 0) is 21.4 Å². The minimum atomic E-state index is -3.95. The first-order valence-electron chi connectivity index (χ1n) is 9.36. The van der Waals surface area contributed by atoms with Gasteiger partial charge in [0.2, 0.25) is 10.0 Å². The minimum absolute atomic E-state index is 0.00489. The summed E-state index contributed by atoms with van der Waals surface area (Å²) >= 11 is 6.58. The van der Waals surface area contributed by atoms with Crippen molar-refractivity contribution in [2.45, 2.75) is 11.4 Å². The summed E-state index contributed by atoms with van der Waals surface area (Å²) in [6.07, 6.45) is 1.28. The number of carbonyl (C=O) groups excluding carboxylic acids is 1. The van der Waals surface area contributed by atoms with Gasteiger partial charge in [-0.05, 0) is 48.0 Å². The average Bonchev–Trinajstić information content (AvgIpc) is 2.77. The SMILES string of the molecule is O=C(CN(Cc1ccccc1)S(=O)(=O)c1ccc(Br)cc1)N/N=C\c1cc(Br)ccc1O. The largest absolute Gasteiger partial charge is 0.507 e. The molecular formula is C22H19Br2N3O4S. The fourth-order valence-electron chi connectivity index (χ4n) is 2.77. The van der Waals surface area contributed by atoms with Crippen LogP contribution in [0.3, 0.4) is 0 Å². The molecule has 10 heteroatoms. The van der Waals surface area contributed by atoms with Crippen LogP contribution < -0.4 is 5.43 Å². The Morgan fingerprint density at radius 1 is 1.00 bits per heavy atom. The van der Waals surface area contributed by atoms with E-state index >= 15 is 0 Å². The molecule has 0 aliphatic carbocycles. The number of carbonyl (C=O) groups is 1. The van der Waals surface area contributed by atoms with Gasteiger partial charge in [0.1, 0.15) is 5.75 Å². The molecule has 3 rings (SSSR count). The van der Waals surface area contributed by atoms with Gasteiger partial charge in [-0.3, -0.25) is 4.79 Å². The summed E-state index contributed by atoms with van der Waals surface area (Å²) in [5.74, 6) is -0.623. The number of phenols is 1. The number of benzene rings is 3. The zero-order valence-corrected chi connectivity index (χ0v) is 20.6. The number of phenolic OH excluding ortho intramolecular Hbond substituents is 1. The Kier molecular flexibility index (Phi) is 8.19. The number of rotatable bonds is 8. The van der Waals surface area contributed by atoms with E-state index in [-0.39, 0.29) is 17.2 Å². The summed E-state index contributed by atoms with van der Waals surface area (Å²) in [6, 6.07) is 20.0. The molecule has 0 saturated carbocycles. The van der Waals surface area contributed by atoms with Gasteiger partial charge in [-0.25, -0.2) is 13.8 Å². The number of halogens is 2. The molecule has 3 aromatic rings. The molecule has 32 heavy (non-hydrogen) atoms. The van der Waals surface area contributed by atoms with Crippen LogP contribution in [-0.4, -0.2) is 36.5 Å². The highest BCUT2D eigenvalue weighted by atomic mass is 79.9.